The molecule has 0 aliphatic carbocycles. The zero-order chi connectivity index (χ0) is 19.7. The molecular weight excluding hydrogens is 481 g/mol. The van der Waals surface area contributed by atoms with Crippen molar-refractivity contribution in [2.75, 3.05) is 40.5 Å². The molecule has 1 aliphatic rings. The Balaban J connectivity index is 0.00000300. The maximum Gasteiger partial charge on any atom is 0.191 e. The van der Waals surface area contributed by atoms with E-state index in [9.17, 15) is 0 Å². The molecule has 0 atom stereocenters. The van der Waals surface area contributed by atoms with Crippen LogP contribution in [0.1, 0.15) is 24.8 Å². The molecule has 2 N–H and O–H groups in total. The lowest BCUT2D eigenvalue weighted by atomic mass is 9.74. The molecule has 3 rings (SSSR count). The van der Waals surface area contributed by atoms with E-state index >= 15 is 0 Å². The van der Waals surface area contributed by atoms with Crippen LogP contribution < -0.4 is 15.4 Å². The number of aryl methyl sites for hydroxylation is 1. The maximum atomic E-state index is 5.63. The smallest absolute Gasteiger partial charge is 0.191 e. The number of aliphatic imine (C=N–C) groups is 1. The molecule has 0 unspecified atom stereocenters. The fraction of sp³-hybridized carbons (Fsp3) is 0.524. The largest absolute Gasteiger partial charge is 0.497 e. The first-order valence-electron chi connectivity index (χ1n) is 9.90. The van der Waals surface area contributed by atoms with Gasteiger partial charge in [-0.2, -0.15) is 5.10 Å². The molecule has 1 fully saturated rings. The topological polar surface area (TPSA) is 72.7 Å². The third-order valence-electron chi connectivity index (χ3n) is 5.39. The third-order valence-corrected chi connectivity index (χ3v) is 5.39. The predicted octanol–water partition coefficient (Wildman–Crippen LogP) is 2.81. The summed E-state index contributed by atoms with van der Waals surface area (Å²) in [5, 5.41) is 11.2. The zero-order valence-corrected chi connectivity index (χ0v) is 19.6. The quantitative estimate of drug-likeness (QED) is 0.246. The summed E-state index contributed by atoms with van der Waals surface area (Å²) in [5.74, 6) is 1.72. The summed E-state index contributed by atoms with van der Waals surface area (Å²) >= 11 is 0. The molecular formula is C21H32IN5O2. The summed E-state index contributed by atoms with van der Waals surface area (Å²) in [6.07, 6.45) is 6.75. The Labute approximate surface area is 190 Å². The fourth-order valence-corrected chi connectivity index (χ4v) is 3.63. The van der Waals surface area contributed by atoms with Gasteiger partial charge in [-0.15, -0.1) is 24.0 Å². The van der Waals surface area contributed by atoms with Crippen LogP contribution in [-0.4, -0.2) is 56.2 Å². The summed E-state index contributed by atoms with van der Waals surface area (Å²) in [6.45, 7) is 4.12. The van der Waals surface area contributed by atoms with Crippen molar-refractivity contribution in [1.29, 1.82) is 0 Å². The Kier molecular flexibility index (Phi) is 9.72. The van der Waals surface area contributed by atoms with Crippen molar-refractivity contribution in [3.05, 3.63) is 48.3 Å². The van der Waals surface area contributed by atoms with E-state index < -0.39 is 0 Å². The van der Waals surface area contributed by atoms with Crippen molar-refractivity contribution in [2.24, 2.45) is 4.99 Å². The zero-order valence-electron chi connectivity index (χ0n) is 17.3. The molecule has 0 amide bonds. The Hall–Kier alpha value is -1.81. The lowest BCUT2D eigenvalue weighted by molar-refractivity contribution is 0.0513. The summed E-state index contributed by atoms with van der Waals surface area (Å²) in [4.78, 5) is 4.38. The van der Waals surface area contributed by atoms with Gasteiger partial charge in [-0.3, -0.25) is 9.67 Å². The van der Waals surface area contributed by atoms with Crippen LogP contribution in [0, 0.1) is 0 Å². The predicted molar refractivity (Wildman–Crippen MR) is 126 cm³/mol. The molecule has 8 heteroatoms. The lowest BCUT2D eigenvalue weighted by Crippen LogP contribution is -2.48. The van der Waals surface area contributed by atoms with Crippen molar-refractivity contribution in [1.82, 2.24) is 20.4 Å². The lowest BCUT2D eigenvalue weighted by Gasteiger charge is -2.38. The van der Waals surface area contributed by atoms with Crippen molar-refractivity contribution in [3.8, 4) is 5.75 Å². The molecule has 160 valence electrons. The number of hydrogen-bond acceptors (Lipinski definition) is 4. The van der Waals surface area contributed by atoms with Gasteiger partial charge in [0, 0.05) is 57.7 Å². The van der Waals surface area contributed by atoms with Gasteiger partial charge in [0.05, 0.1) is 7.11 Å². The normalized spacial score (nSPS) is 16.0. The van der Waals surface area contributed by atoms with Gasteiger partial charge in [0.15, 0.2) is 5.96 Å². The van der Waals surface area contributed by atoms with E-state index in [4.69, 9.17) is 9.47 Å². The Morgan fingerprint density at radius 2 is 2.00 bits per heavy atom. The van der Waals surface area contributed by atoms with Crippen molar-refractivity contribution in [2.45, 2.75) is 31.2 Å². The molecule has 7 nitrogen and oxygen atoms in total. The van der Waals surface area contributed by atoms with Gasteiger partial charge < -0.3 is 20.1 Å². The minimum absolute atomic E-state index is 0. The first-order chi connectivity index (χ1) is 13.8. The second kappa shape index (κ2) is 12.0. The minimum Gasteiger partial charge on any atom is -0.497 e. The number of guanidine groups is 1. The SMILES string of the molecule is CN=C(NCCCn1cccn1)NCC1(c2ccc(OC)cc2)CCOCC1.I. The molecule has 0 bridgehead atoms. The number of halogens is 1. The summed E-state index contributed by atoms with van der Waals surface area (Å²) < 4.78 is 12.9. The highest BCUT2D eigenvalue weighted by atomic mass is 127. The molecule has 2 heterocycles. The summed E-state index contributed by atoms with van der Waals surface area (Å²) in [5.41, 5.74) is 1.36. The van der Waals surface area contributed by atoms with Crippen LogP contribution in [0.3, 0.4) is 0 Å². The highest BCUT2D eigenvalue weighted by Gasteiger charge is 2.34. The fourth-order valence-electron chi connectivity index (χ4n) is 3.63. The van der Waals surface area contributed by atoms with E-state index in [2.05, 4.69) is 32.9 Å². The maximum absolute atomic E-state index is 5.63. The number of aromatic nitrogens is 2. The first-order valence-corrected chi connectivity index (χ1v) is 9.90. The Morgan fingerprint density at radius 3 is 2.62 bits per heavy atom. The third kappa shape index (κ3) is 6.60. The monoisotopic (exact) mass is 513 g/mol. The highest BCUT2D eigenvalue weighted by molar-refractivity contribution is 14.0. The van der Waals surface area contributed by atoms with Crippen LogP contribution in [0.5, 0.6) is 5.75 Å². The average molecular weight is 513 g/mol. The van der Waals surface area contributed by atoms with Crippen LogP contribution in [0.4, 0.5) is 0 Å². The van der Waals surface area contributed by atoms with Gasteiger partial charge in [0.2, 0.25) is 0 Å². The molecule has 1 aliphatic heterocycles. The summed E-state index contributed by atoms with van der Waals surface area (Å²) in [7, 11) is 3.51. The highest BCUT2D eigenvalue weighted by Crippen LogP contribution is 2.35. The molecule has 0 saturated carbocycles. The van der Waals surface area contributed by atoms with Crippen LogP contribution in [0.25, 0.3) is 0 Å². The molecule has 1 aromatic heterocycles. The summed E-state index contributed by atoms with van der Waals surface area (Å²) in [6, 6.07) is 10.4. The Bertz CT molecular complexity index is 728. The van der Waals surface area contributed by atoms with Crippen LogP contribution in [0.15, 0.2) is 47.7 Å². The van der Waals surface area contributed by atoms with E-state index in [0.717, 1.165) is 63.8 Å². The molecule has 29 heavy (non-hydrogen) atoms. The van der Waals surface area contributed by atoms with Crippen LogP contribution in [0.2, 0.25) is 0 Å². The van der Waals surface area contributed by atoms with Crippen molar-refractivity contribution in [3.63, 3.8) is 0 Å². The minimum atomic E-state index is 0. The van der Waals surface area contributed by atoms with Crippen LogP contribution in [-0.2, 0) is 16.7 Å². The number of nitrogens with one attached hydrogen (secondary N) is 2. The molecule has 2 aromatic rings. The van der Waals surface area contributed by atoms with Gasteiger partial charge in [0.1, 0.15) is 5.75 Å². The van der Waals surface area contributed by atoms with E-state index in [1.807, 2.05) is 36.1 Å². The van der Waals surface area contributed by atoms with E-state index in [1.54, 1.807) is 13.3 Å². The number of methoxy groups -OCH3 is 1. The standard InChI is InChI=1S/C21H31N5O2.HI/c1-22-20(23-11-3-13-26-14-4-12-25-26)24-17-21(9-15-28-16-10-21)18-5-7-19(27-2)8-6-18;/h4-8,12,14H,3,9-11,13,15-17H2,1-2H3,(H2,22,23,24);1H. The van der Waals surface area contributed by atoms with Crippen molar-refractivity contribution >= 4 is 29.9 Å². The van der Waals surface area contributed by atoms with E-state index in [-0.39, 0.29) is 29.4 Å². The first kappa shape index (κ1) is 23.5. The van der Waals surface area contributed by atoms with Gasteiger partial charge in [0.25, 0.3) is 0 Å². The van der Waals surface area contributed by atoms with Crippen LogP contribution >= 0.6 is 24.0 Å². The number of rotatable bonds is 8. The number of nitrogens with zero attached hydrogens (tertiary/aromatic N) is 3. The van der Waals surface area contributed by atoms with Gasteiger partial charge in [-0.1, -0.05) is 12.1 Å². The Morgan fingerprint density at radius 1 is 1.24 bits per heavy atom. The molecule has 0 spiro atoms. The van der Waals surface area contributed by atoms with Crippen molar-refractivity contribution < 1.29 is 9.47 Å². The number of benzene rings is 1. The van der Waals surface area contributed by atoms with E-state index in [1.165, 1.54) is 5.56 Å². The number of hydrogen-bond donors (Lipinski definition) is 2. The van der Waals surface area contributed by atoms with Gasteiger partial charge in [-0.25, -0.2) is 0 Å². The molecule has 1 aromatic carbocycles. The second-order valence-corrected chi connectivity index (χ2v) is 7.10. The number of ether oxygens (including phenoxy) is 2. The van der Waals surface area contributed by atoms with E-state index in [0.29, 0.717) is 0 Å². The van der Waals surface area contributed by atoms with Gasteiger partial charge >= 0.3 is 0 Å². The molecule has 0 radical (unpaired) electrons. The second-order valence-electron chi connectivity index (χ2n) is 7.10. The molecule has 1 saturated heterocycles. The average Bonchev–Trinajstić information content (AvgIpc) is 3.27. The van der Waals surface area contributed by atoms with Gasteiger partial charge in [-0.05, 0) is 43.0 Å².